The molecule has 2 heteroatoms. The van der Waals surface area contributed by atoms with Crippen molar-refractivity contribution >= 4 is 0 Å². The van der Waals surface area contributed by atoms with Crippen LogP contribution < -0.4 is 5.73 Å². The zero-order valence-corrected chi connectivity index (χ0v) is 9.89. The minimum atomic E-state index is 0.156. The highest BCUT2D eigenvalue weighted by molar-refractivity contribution is 5.23. The molecule has 0 amide bonds. The summed E-state index contributed by atoms with van der Waals surface area (Å²) in [6, 6.07) is 11.3. The monoisotopic (exact) mass is 216 g/mol. The topological polar surface area (TPSA) is 29.3 Å². The van der Waals surface area contributed by atoms with Crippen LogP contribution in [0.15, 0.2) is 30.3 Å². The van der Waals surface area contributed by atoms with E-state index < -0.39 is 0 Å². The quantitative estimate of drug-likeness (QED) is 0.837. The number of nitrogens with zero attached hydrogens (tertiary/aromatic N) is 1. The molecule has 2 nitrogen and oxygen atoms in total. The highest BCUT2D eigenvalue weighted by Crippen LogP contribution is 2.52. The van der Waals surface area contributed by atoms with Crippen molar-refractivity contribution in [2.24, 2.45) is 11.7 Å². The SMILES string of the molecule is CC[C@@H]1N(Cc2ccccc2)C[C@@H]2C[C@@]21N. The Morgan fingerprint density at radius 2 is 2.12 bits per heavy atom. The van der Waals surface area contributed by atoms with Gasteiger partial charge in [-0.1, -0.05) is 37.3 Å². The molecule has 0 aromatic heterocycles. The van der Waals surface area contributed by atoms with Gasteiger partial charge in [0.1, 0.15) is 0 Å². The van der Waals surface area contributed by atoms with Gasteiger partial charge < -0.3 is 5.73 Å². The minimum Gasteiger partial charge on any atom is -0.323 e. The highest BCUT2D eigenvalue weighted by Gasteiger charge is 2.62. The maximum Gasteiger partial charge on any atom is 0.0357 e. The van der Waals surface area contributed by atoms with Crippen LogP contribution in [0.4, 0.5) is 0 Å². The number of hydrogen-bond donors (Lipinski definition) is 1. The Kier molecular flexibility index (Phi) is 2.30. The molecule has 1 aromatic carbocycles. The molecule has 3 atom stereocenters. The number of fused-ring (bicyclic) bond motifs is 1. The average molecular weight is 216 g/mol. The lowest BCUT2D eigenvalue weighted by molar-refractivity contribution is 0.196. The van der Waals surface area contributed by atoms with Crippen molar-refractivity contribution in [3.05, 3.63) is 35.9 Å². The van der Waals surface area contributed by atoms with Gasteiger partial charge in [-0.2, -0.15) is 0 Å². The van der Waals surface area contributed by atoms with Gasteiger partial charge >= 0.3 is 0 Å². The molecule has 1 aromatic rings. The fourth-order valence-electron chi connectivity index (χ4n) is 3.39. The van der Waals surface area contributed by atoms with Crippen molar-refractivity contribution in [2.45, 2.75) is 37.9 Å². The maximum absolute atomic E-state index is 6.41. The zero-order valence-electron chi connectivity index (χ0n) is 9.89. The first kappa shape index (κ1) is 10.3. The van der Waals surface area contributed by atoms with Gasteiger partial charge in [0.05, 0.1) is 0 Å². The highest BCUT2D eigenvalue weighted by atomic mass is 15.3. The van der Waals surface area contributed by atoms with Gasteiger partial charge in [0.15, 0.2) is 0 Å². The molecule has 2 fully saturated rings. The van der Waals surface area contributed by atoms with Gasteiger partial charge in [0.2, 0.25) is 0 Å². The van der Waals surface area contributed by atoms with Gasteiger partial charge in [-0.3, -0.25) is 4.90 Å². The minimum absolute atomic E-state index is 0.156. The Bertz CT molecular complexity index is 376. The van der Waals surface area contributed by atoms with Crippen molar-refractivity contribution in [3.8, 4) is 0 Å². The van der Waals surface area contributed by atoms with Gasteiger partial charge in [0.25, 0.3) is 0 Å². The van der Waals surface area contributed by atoms with E-state index in [0.29, 0.717) is 6.04 Å². The van der Waals surface area contributed by atoms with Crippen LogP contribution in [0.1, 0.15) is 25.3 Å². The van der Waals surface area contributed by atoms with E-state index in [1.807, 2.05) is 0 Å². The normalized spacial score (nSPS) is 37.4. The van der Waals surface area contributed by atoms with E-state index in [2.05, 4.69) is 42.2 Å². The van der Waals surface area contributed by atoms with E-state index in [9.17, 15) is 0 Å². The Labute approximate surface area is 97.4 Å². The van der Waals surface area contributed by atoms with Crippen LogP contribution in [-0.4, -0.2) is 23.0 Å². The van der Waals surface area contributed by atoms with Gasteiger partial charge in [-0.25, -0.2) is 0 Å². The maximum atomic E-state index is 6.41. The second kappa shape index (κ2) is 3.57. The molecule has 0 radical (unpaired) electrons. The van der Waals surface area contributed by atoms with E-state index in [-0.39, 0.29) is 5.54 Å². The molecule has 86 valence electrons. The lowest BCUT2D eigenvalue weighted by atomic mass is 10.0. The van der Waals surface area contributed by atoms with Gasteiger partial charge in [-0.15, -0.1) is 0 Å². The molecule has 1 saturated heterocycles. The zero-order chi connectivity index (χ0) is 11.2. The smallest absolute Gasteiger partial charge is 0.0357 e. The molecular formula is C14H20N2. The average Bonchev–Trinajstić information content (AvgIpc) is 2.84. The number of piperidine rings is 1. The summed E-state index contributed by atoms with van der Waals surface area (Å²) >= 11 is 0. The third-order valence-electron chi connectivity index (χ3n) is 4.33. The summed E-state index contributed by atoms with van der Waals surface area (Å²) in [5, 5.41) is 0. The third kappa shape index (κ3) is 1.48. The summed E-state index contributed by atoms with van der Waals surface area (Å²) in [6.07, 6.45) is 2.43. The van der Waals surface area contributed by atoms with Crippen molar-refractivity contribution in [1.82, 2.24) is 4.90 Å². The van der Waals surface area contributed by atoms with Crippen molar-refractivity contribution in [2.75, 3.05) is 6.54 Å². The largest absolute Gasteiger partial charge is 0.323 e. The summed E-state index contributed by atoms with van der Waals surface area (Å²) in [5.74, 6) is 0.765. The van der Waals surface area contributed by atoms with Crippen LogP contribution in [0.5, 0.6) is 0 Å². The third-order valence-corrected chi connectivity index (χ3v) is 4.33. The van der Waals surface area contributed by atoms with Crippen LogP contribution in [0.25, 0.3) is 0 Å². The molecule has 1 aliphatic heterocycles. The number of rotatable bonds is 3. The molecular weight excluding hydrogens is 196 g/mol. The first-order valence-corrected chi connectivity index (χ1v) is 6.31. The predicted octanol–water partition coefficient (Wildman–Crippen LogP) is 2.00. The van der Waals surface area contributed by atoms with Gasteiger partial charge in [-0.05, 0) is 24.3 Å². The fraction of sp³-hybridized carbons (Fsp3) is 0.571. The Hall–Kier alpha value is -0.860. The summed E-state index contributed by atoms with van der Waals surface area (Å²) in [6.45, 7) is 4.52. The van der Waals surface area contributed by atoms with Crippen LogP contribution in [0, 0.1) is 5.92 Å². The second-order valence-electron chi connectivity index (χ2n) is 5.35. The van der Waals surface area contributed by atoms with E-state index in [1.54, 1.807) is 0 Å². The van der Waals surface area contributed by atoms with Crippen LogP contribution in [0.2, 0.25) is 0 Å². The molecule has 3 rings (SSSR count). The van der Waals surface area contributed by atoms with Crippen molar-refractivity contribution in [3.63, 3.8) is 0 Å². The number of hydrogen-bond acceptors (Lipinski definition) is 2. The molecule has 1 saturated carbocycles. The number of benzene rings is 1. The molecule has 16 heavy (non-hydrogen) atoms. The van der Waals surface area contributed by atoms with E-state index in [0.717, 1.165) is 12.5 Å². The molecule has 0 spiro atoms. The lowest BCUT2D eigenvalue weighted by Gasteiger charge is -2.29. The van der Waals surface area contributed by atoms with Crippen molar-refractivity contribution < 1.29 is 0 Å². The van der Waals surface area contributed by atoms with Crippen LogP contribution >= 0.6 is 0 Å². The molecule has 0 bridgehead atoms. The molecule has 1 aliphatic carbocycles. The van der Waals surface area contributed by atoms with E-state index in [4.69, 9.17) is 5.73 Å². The molecule has 1 heterocycles. The first-order chi connectivity index (χ1) is 7.74. The van der Waals surface area contributed by atoms with Gasteiger partial charge in [0, 0.05) is 24.7 Å². The number of nitrogens with two attached hydrogens (primary N) is 1. The van der Waals surface area contributed by atoms with Crippen LogP contribution in [-0.2, 0) is 6.54 Å². The standard InChI is InChI=1S/C14H20N2/c1-2-13-14(15)8-12(14)10-16(13)9-11-6-4-3-5-7-11/h3-7,12-13H,2,8-10,15H2,1H3/t12-,13-,14+/m0/s1. The second-order valence-corrected chi connectivity index (χ2v) is 5.35. The Morgan fingerprint density at radius 1 is 1.38 bits per heavy atom. The predicted molar refractivity (Wildman–Crippen MR) is 66.0 cm³/mol. The Balaban J connectivity index is 1.73. The Morgan fingerprint density at radius 3 is 2.81 bits per heavy atom. The van der Waals surface area contributed by atoms with E-state index in [1.165, 1.54) is 24.9 Å². The summed E-state index contributed by atoms with van der Waals surface area (Å²) < 4.78 is 0. The molecule has 2 aliphatic rings. The molecule has 2 N–H and O–H groups in total. The van der Waals surface area contributed by atoms with E-state index >= 15 is 0 Å². The number of likely N-dealkylation sites (tertiary alicyclic amines) is 1. The summed E-state index contributed by atoms with van der Waals surface area (Å²) in [7, 11) is 0. The summed E-state index contributed by atoms with van der Waals surface area (Å²) in [4.78, 5) is 2.57. The lowest BCUT2D eigenvalue weighted by Crippen LogP contribution is -2.44. The van der Waals surface area contributed by atoms with Crippen molar-refractivity contribution in [1.29, 1.82) is 0 Å². The first-order valence-electron chi connectivity index (χ1n) is 6.31. The van der Waals surface area contributed by atoms with Crippen LogP contribution in [0.3, 0.4) is 0 Å². The molecule has 0 unspecified atom stereocenters. The fourth-order valence-corrected chi connectivity index (χ4v) is 3.39. The summed E-state index contributed by atoms with van der Waals surface area (Å²) in [5.41, 5.74) is 7.97.